The average molecular weight is 252 g/mol. The fourth-order valence-corrected chi connectivity index (χ4v) is 3.47. The molecule has 1 fully saturated rings. The molecule has 96 valence electrons. The number of piperidine rings is 1. The van der Waals surface area contributed by atoms with E-state index in [-0.39, 0.29) is 0 Å². The quantitative estimate of drug-likeness (QED) is 0.889. The second-order valence-corrected chi connectivity index (χ2v) is 6.33. The van der Waals surface area contributed by atoms with E-state index in [1.807, 2.05) is 0 Å². The lowest BCUT2D eigenvalue weighted by Gasteiger charge is -2.41. The van der Waals surface area contributed by atoms with Gasteiger partial charge in [0.1, 0.15) is 0 Å². The van der Waals surface area contributed by atoms with Crippen molar-refractivity contribution < 1.29 is 0 Å². The van der Waals surface area contributed by atoms with Crippen LogP contribution in [0.25, 0.3) is 0 Å². The van der Waals surface area contributed by atoms with Gasteiger partial charge in [-0.1, -0.05) is 6.92 Å². The molecule has 2 nitrogen and oxygen atoms in total. The van der Waals surface area contributed by atoms with Crippen LogP contribution in [0.1, 0.15) is 38.8 Å². The zero-order valence-corrected chi connectivity index (χ0v) is 12.1. The summed E-state index contributed by atoms with van der Waals surface area (Å²) in [5, 5.41) is 8.21. The average Bonchev–Trinajstić information content (AvgIpc) is 2.79. The van der Waals surface area contributed by atoms with E-state index in [0.717, 1.165) is 5.92 Å². The smallest absolute Gasteiger partial charge is 0.0302 e. The van der Waals surface area contributed by atoms with Gasteiger partial charge in [0.15, 0.2) is 0 Å². The summed E-state index contributed by atoms with van der Waals surface area (Å²) in [6, 6.07) is 4.05. The van der Waals surface area contributed by atoms with Gasteiger partial charge in [0.05, 0.1) is 0 Å². The van der Waals surface area contributed by atoms with Crippen LogP contribution < -0.4 is 5.32 Å². The highest BCUT2D eigenvalue weighted by Gasteiger charge is 2.29. The van der Waals surface area contributed by atoms with Gasteiger partial charge >= 0.3 is 0 Å². The van der Waals surface area contributed by atoms with Crippen molar-refractivity contribution in [1.82, 2.24) is 10.2 Å². The Morgan fingerprint density at radius 1 is 1.47 bits per heavy atom. The molecule has 1 aromatic rings. The Balaban J connectivity index is 1.94. The molecule has 1 aliphatic rings. The fourth-order valence-electron chi connectivity index (χ4n) is 2.71. The van der Waals surface area contributed by atoms with Crippen LogP contribution in [0.5, 0.6) is 0 Å². The van der Waals surface area contributed by atoms with Crippen molar-refractivity contribution in [1.29, 1.82) is 0 Å². The summed E-state index contributed by atoms with van der Waals surface area (Å²) in [7, 11) is 2.24. The Bertz CT molecular complexity index is 336. The fraction of sp³-hybridized carbons (Fsp3) is 0.714. The molecule has 1 N–H and O–H groups in total. The van der Waals surface area contributed by atoms with Gasteiger partial charge in [-0.05, 0) is 55.6 Å². The Kier molecular flexibility index (Phi) is 4.23. The SMILES string of the molecule is CC(NC1CC(C)N(C)CC1C)c1ccsc1. The lowest BCUT2D eigenvalue weighted by atomic mass is 9.89. The Morgan fingerprint density at radius 3 is 2.88 bits per heavy atom. The zero-order chi connectivity index (χ0) is 12.4. The first-order valence-corrected chi connectivity index (χ1v) is 7.50. The van der Waals surface area contributed by atoms with Gasteiger partial charge in [-0.15, -0.1) is 0 Å². The van der Waals surface area contributed by atoms with Crippen molar-refractivity contribution in [3.05, 3.63) is 22.4 Å². The van der Waals surface area contributed by atoms with E-state index in [2.05, 4.69) is 54.9 Å². The second-order valence-electron chi connectivity index (χ2n) is 5.55. The molecule has 0 radical (unpaired) electrons. The number of hydrogen-bond acceptors (Lipinski definition) is 3. The minimum Gasteiger partial charge on any atom is -0.307 e. The molecule has 1 aliphatic heterocycles. The molecule has 3 heteroatoms. The number of likely N-dealkylation sites (tertiary alicyclic amines) is 1. The van der Waals surface area contributed by atoms with Crippen molar-refractivity contribution in [2.24, 2.45) is 5.92 Å². The van der Waals surface area contributed by atoms with Gasteiger partial charge in [0.25, 0.3) is 0 Å². The van der Waals surface area contributed by atoms with Crippen LogP contribution in [0.3, 0.4) is 0 Å². The van der Waals surface area contributed by atoms with Crippen molar-refractivity contribution >= 4 is 11.3 Å². The minimum absolute atomic E-state index is 0.476. The van der Waals surface area contributed by atoms with Gasteiger partial charge in [-0.25, -0.2) is 0 Å². The van der Waals surface area contributed by atoms with E-state index in [9.17, 15) is 0 Å². The lowest BCUT2D eigenvalue weighted by molar-refractivity contribution is 0.116. The van der Waals surface area contributed by atoms with E-state index in [1.54, 1.807) is 11.3 Å². The summed E-state index contributed by atoms with van der Waals surface area (Å²) in [6.07, 6.45) is 1.26. The van der Waals surface area contributed by atoms with Crippen LogP contribution in [0.2, 0.25) is 0 Å². The van der Waals surface area contributed by atoms with Crippen molar-refractivity contribution in [2.75, 3.05) is 13.6 Å². The molecule has 4 unspecified atom stereocenters. The summed E-state index contributed by atoms with van der Waals surface area (Å²) < 4.78 is 0. The van der Waals surface area contributed by atoms with Gasteiger partial charge < -0.3 is 10.2 Å². The Morgan fingerprint density at radius 2 is 2.24 bits per heavy atom. The molecule has 1 aromatic heterocycles. The molecular formula is C14H24N2S. The number of nitrogens with zero attached hydrogens (tertiary/aromatic N) is 1. The van der Waals surface area contributed by atoms with E-state index in [4.69, 9.17) is 0 Å². The minimum atomic E-state index is 0.476. The summed E-state index contributed by atoms with van der Waals surface area (Å²) >= 11 is 1.78. The van der Waals surface area contributed by atoms with Crippen LogP contribution in [-0.2, 0) is 0 Å². The lowest BCUT2D eigenvalue weighted by Crippen LogP contribution is -2.51. The van der Waals surface area contributed by atoms with E-state index >= 15 is 0 Å². The standard InChI is InChI=1S/C14H24N2S/c1-10-8-16(4)11(2)7-14(10)15-12(3)13-5-6-17-9-13/h5-6,9-12,14-15H,7-8H2,1-4H3. The number of rotatable bonds is 3. The largest absolute Gasteiger partial charge is 0.307 e. The van der Waals surface area contributed by atoms with Crippen LogP contribution in [0.15, 0.2) is 16.8 Å². The molecular weight excluding hydrogens is 228 g/mol. The van der Waals surface area contributed by atoms with Gasteiger partial charge in [0, 0.05) is 24.7 Å². The third-order valence-corrected chi connectivity index (χ3v) is 4.82. The summed E-state index contributed by atoms with van der Waals surface area (Å²) in [5.41, 5.74) is 1.42. The molecule has 0 aromatic carbocycles. The van der Waals surface area contributed by atoms with Crippen LogP contribution in [0, 0.1) is 5.92 Å². The van der Waals surface area contributed by atoms with E-state index < -0.39 is 0 Å². The molecule has 4 atom stereocenters. The molecule has 1 saturated heterocycles. The van der Waals surface area contributed by atoms with E-state index in [0.29, 0.717) is 18.1 Å². The normalized spacial score (nSPS) is 32.6. The number of nitrogens with one attached hydrogen (secondary N) is 1. The molecule has 2 rings (SSSR count). The first kappa shape index (κ1) is 13.1. The number of thiophene rings is 1. The van der Waals surface area contributed by atoms with Crippen molar-refractivity contribution in [2.45, 2.75) is 45.3 Å². The summed E-state index contributed by atoms with van der Waals surface area (Å²) in [4.78, 5) is 2.47. The second kappa shape index (κ2) is 5.51. The highest BCUT2D eigenvalue weighted by molar-refractivity contribution is 7.07. The van der Waals surface area contributed by atoms with Gasteiger partial charge in [-0.3, -0.25) is 0 Å². The first-order valence-electron chi connectivity index (χ1n) is 6.56. The highest BCUT2D eigenvalue weighted by Crippen LogP contribution is 2.24. The van der Waals surface area contributed by atoms with Crippen LogP contribution in [0.4, 0.5) is 0 Å². The predicted octanol–water partition coefficient (Wildman–Crippen LogP) is 3.13. The maximum atomic E-state index is 3.80. The molecule has 0 amide bonds. The Labute approximate surface area is 109 Å². The van der Waals surface area contributed by atoms with Crippen molar-refractivity contribution in [3.63, 3.8) is 0 Å². The first-order chi connectivity index (χ1) is 8.08. The van der Waals surface area contributed by atoms with E-state index in [1.165, 1.54) is 18.5 Å². The molecule has 17 heavy (non-hydrogen) atoms. The van der Waals surface area contributed by atoms with Crippen LogP contribution >= 0.6 is 11.3 Å². The van der Waals surface area contributed by atoms with Gasteiger partial charge in [-0.2, -0.15) is 11.3 Å². The maximum absolute atomic E-state index is 3.80. The topological polar surface area (TPSA) is 15.3 Å². The summed E-state index contributed by atoms with van der Waals surface area (Å²) in [5.74, 6) is 0.734. The molecule has 2 heterocycles. The molecule has 0 aliphatic carbocycles. The van der Waals surface area contributed by atoms with Crippen LogP contribution in [-0.4, -0.2) is 30.6 Å². The monoisotopic (exact) mass is 252 g/mol. The van der Waals surface area contributed by atoms with Crippen molar-refractivity contribution in [3.8, 4) is 0 Å². The highest BCUT2D eigenvalue weighted by atomic mass is 32.1. The number of hydrogen-bond donors (Lipinski definition) is 1. The third kappa shape index (κ3) is 3.09. The van der Waals surface area contributed by atoms with Gasteiger partial charge in [0.2, 0.25) is 0 Å². The third-order valence-electron chi connectivity index (χ3n) is 4.12. The molecule has 0 bridgehead atoms. The summed E-state index contributed by atoms with van der Waals surface area (Å²) in [6.45, 7) is 8.17. The zero-order valence-electron chi connectivity index (χ0n) is 11.3. The predicted molar refractivity (Wildman–Crippen MR) is 75.5 cm³/mol. The molecule has 0 saturated carbocycles. The molecule has 0 spiro atoms. The Hall–Kier alpha value is -0.380. The maximum Gasteiger partial charge on any atom is 0.0302 e.